The second kappa shape index (κ2) is 13.8. The lowest BCUT2D eigenvalue weighted by molar-refractivity contribution is 0.581. The van der Waals surface area contributed by atoms with Crippen LogP contribution < -0.4 is 9.80 Å². The third-order valence-electron chi connectivity index (χ3n) is 10.1. The van der Waals surface area contributed by atoms with Crippen molar-refractivity contribution in [2.75, 3.05) is 9.80 Å². The summed E-state index contributed by atoms with van der Waals surface area (Å²) >= 11 is 0. The Morgan fingerprint density at radius 1 is 0.321 bits per heavy atom. The first-order chi connectivity index (χ1) is 26.7. The lowest BCUT2D eigenvalue weighted by atomic mass is 9.84. The molecule has 0 aliphatic heterocycles. The van der Waals surface area contributed by atoms with Gasteiger partial charge in [0, 0.05) is 35.0 Å². The molecule has 0 aliphatic rings. The number of hydrogen-bond donors (Lipinski definition) is 0. The van der Waals surface area contributed by atoms with Crippen molar-refractivity contribution in [3.63, 3.8) is 0 Å². The minimum atomic E-state index is -0.905. The van der Waals surface area contributed by atoms with Gasteiger partial charge in [-0.1, -0.05) is 52.0 Å². The van der Waals surface area contributed by atoms with Gasteiger partial charge in [0.2, 0.25) is 0 Å². The summed E-state index contributed by atoms with van der Waals surface area (Å²) in [5.41, 5.74) is 2.18. The van der Waals surface area contributed by atoms with Gasteiger partial charge in [-0.15, -0.1) is 0 Å². The zero-order valence-corrected chi connectivity index (χ0v) is 30.5. The fraction of sp³-hybridized carbons (Fsp3) is 0.130. The summed E-state index contributed by atoms with van der Waals surface area (Å²) in [5, 5.41) is 4.06. The standard InChI is InChI=1S/C46H32F8N2/c1-23(2)41-21-43(55(33-13-25(47)9-26(48)14-33)34-15-27(49)10-28(50)16-34)39-8-6-38-42(24(3)4)22-44(40-7-5-37(41)45(39)46(38)40)56(35-17-29(51)11-30(52)18-35)36-19-31(53)12-32(54)20-36/h5-24H,1-4H3. The van der Waals surface area contributed by atoms with E-state index in [9.17, 15) is 35.1 Å². The Kier molecular flexibility index (Phi) is 9.10. The topological polar surface area (TPSA) is 6.48 Å². The Labute approximate surface area is 317 Å². The minimum Gasteiger partial charge on any atom is -0.309 e. The van der Waals surface area contributed by atoms with Crippen molar-refractivity contribution in [3.8, 4) is 0 Å². The number of benzene rings is 8. The van der Waals surface area contributed by atoms with Crippen LogP contribution in [0.4, 0.5) is 69.2 Å². The van der Waals surface area contributed by atoms with Crippen molar-refractivity contribution in [2.45, 2.75) is 39.5 Å². The summed E-state index contributed by atoms with van der Waals surface area (Å²) in [4.78, 5) is 2.80. The van der Waals surface area contributed by atoms with Crippen LogP contribution in [0.3, 0.4) is 0 Å². The van der Waals surface area contributed by atoms with Gasteiger partial charge < -0.3 is 9.80 Å². The number of nitrogens with zero attached hydrogens (tertiary/aromatic N) is 2. The van der Waals surface area contributed by atoms with Gasteiger partial charge in [-0.2, -0.15) is 0 Å². The van der Waals surface area contributed by atoms with E-state index in [1.54, 1.807) is 0 Å². The lowest BCUT2D eigenvalue weighted by Crippen LogP contribution is -2.14. The number of hydrogen-bond acceptors (Lipinski definition) is 2. The molecule has 8 aromatic rings. The zero-order chi connectivity index (χ0) is 39.7. The molecule has 2 nitrogen and oxygen atoms in total. The highest BCUT2D eigenvalue weighted by atomic mass is 19.2. The quantitative estimate of drug-likeness (QED) is 0.112. The van der Waals surface area contributed by atoms with Crippen LogP contribution in [0, 0.1) is 46.5 Å². The van der Waals surface area contributed by atoms with Gasteiger partial charge in [0.1, 0.15) is 46.5 Å². The molecule has 0 bridgehead atoms. The van der Waals surface area contributed by atoms with E-state index in [2.05, 4.69) is 0 Å². The van der Waals surface area contributed by atoms with E-state index in [4.69, 9.17) is 0 Å². The molecule has 0 saturated heterocycles. The summed E-state index contributed by atoms with van der Waals surface area (Å²) in [6, 6.07) is 22.5. The summed E-state index contributed by atoms with van der Waals surface area (Å²) < 4.78 is 119. The predicted octanol–water partition coefficient (Wildman–Crippen LogP) is 14.9. The van der Waals surface area contributed by atoms with Crippen LogP contribution in [0.2, 0.25) is 0 Å². The minimum absolute atomic E-state index is 0.0340. The van der Waals surface area contributed by atoms with E-state index in [1.165, 1.54) is 9.80 Å². The lowest BCUT2D eigenvalue weighted by Gasteiger charge is -2.31. The van der Waals surface area contributed by atoms with Gasteiger partial charge in [-0.05, 0) is 105 Å². The Morgan fingerprint density at radius 2 is 0.554 bits per heavy atom. The highest BCUT2D eigenvalue weighted by Gasteiger charge is 2.27. The van der Waals surface area contributed by atoms with E-state index in [0.717, 1.165) is 70.4 Å². The SMILES string of the molecule is CC(C)c1cc(N(c2cc(F)cc(F)c2)c2cc(F)cc(F)c2)c2ccc3c(C(C)C)cc(N(c4cc(F)cc(F)c4)c4cc(F)cc(F)c4)c4ccc1c2c34. The molecule has 56 heavy (non-hydrogen) atoms. The second-order valence-electron chi connectivity index (χ2n) is 14.5. The normalized spacial score (nSPS) is 11.9. The third-order valence-corrected chi connectivity index (χ3v) is 10.1. The zero-order valence-electron chi connectivity index (χ0n) is 30.5. The molecule has 0 heterocycles. The Morgan fingerprint density at radius 3 is 0.786 bits per heavy atom. The van der Waals surface area contributed by atoms with Crippen LogP contribution in [0.5, 0.6) is 0 Å². The van der Waals surface area contributed by atoms with E-state index in [-0.39, 0.29) is 34.6 Å². The number of rotatable bonds is 8. The Hall–Kier alpha value is -6.16. The van der Waals surface area contributed by atoms with Crippen molar-refractivity contribution in [1.29, 1.82) is 0 Å². The maximum atomic E-state index is 14.9. The molecule has 0 radical (unpaired) electrons. The fourth-order valence-corrected chi connectivity index (χ4v) is 7.86. The molecule has 10 heteroatoms. The van der Waals surface area contributed by atoms with Crippen LogP contribution >= 0.6 is 0 Å². The largest absolute Gasteiger partial charge is 0.309 e. The average Bonchev–Trinajstić information content (AvgIpc) is 3.09. The van der Waals surface area contributed by atoms with E-state index in [1.807, 2.05) is 64.1 Å². The van der Waals surface area contributed by atoms with Gasteiger partial charge >= 0.3 is 0 Å². The van der Waals surface area contributed by atoms with Crippen molar-refractivity contribution < 1.29 is 35.1 Å². The predicted molar refractivity (Wildman–Crippen MR) is 207 cm³/mol. The van der Waals surface area contributed by atoms with Crippen molar-refractivity contribution in [2.24, 2.45) is 0 Å². The van der Waals surface area contributed by atoms with Gasteiger partial charge in [0.15, 0.2) is 0 Å². The summed E-state index contributed by atoms with van der Waals surface area (Å²) in [7, 11) is 0. The first-order valence-electron chi connectivity index (χ1n) is 17.9. The molecule has 0 fully saturated rings. The molecule has 0 unspecified atom stereocenters. The van der Waals surface area contributed by atoms with Gasteiger partial charge in [-0.3, -0.25) is 0 Å². The van der Waals surface area contributed by atoms with E-state index >= 15 is 0 Å². The van der Waals surface area contributed by atoms with E-state index in [0.29, 0.717) is 57.2 Å². The number of halogens is 8. The molecule has 8 aromatic carbocycles. The molecule has 0 N–H and O–H groups in total. The first kappa shape index (κ1) is 36.8. The molecule has 0 atom stereocenters. The highest BCUT2D eigenvalue weighted by molar-refractivity contribution is 6.29. The molecule has 0 amide bonds. The summed E-state index contributed by atoms with van der Waals surface area (Å²) in [6.45, 7) is 7.86. The molecule has 0 aromatic heterocycles. The van der Waals surface area contributed by atoms with Crippen LogP contribution in [-0.2, 0) is 0 Å². The smallest absolute Gasteiger partial charge is 0.128 e. The molecule has 282 valence electrons. The molecular weight excluding hydrogens is 733 g/mol. The molecule has 8 rings (SSSR count). The van der Waals surface area contributed by atoms with Crippen LogP contribution in [-0.4, -0.2) is 0 Å². The van der Waals surface area contributed by atoms with Crippen molar-refractivity contribution in [1.82, 2.24) is 0 Å². The Bertz CT molecular complexity index is 2460. The molecule has 0 saturated carbocycles. The van der Waals surface area contributed by atoms with Crippen LogP contribution in [0.15, 0.2) is 109 Å². The maximum absolute atomic E-state index is 14.9. The second-order valence-corrected chi connectivity index (χ2v) is 14.5. The van der Waals surface area contributed by atoms with Crippen LogP contribution in [0.1, 0.15) is 50.7 Å². The fourth-order valence-electron chi connectivity index (χ4n) is 7.86. The molecular formula is C46H32F8N2. The van der Waals surface area contributed by atoms with Crippen LogP contribution in [0.25, 0.3) is 32.3 Å². The average molecular weight is 765 g/mol. The monoisotopic (exact) mass is 764 g/mol. The molecule has 0 aliphatic carbocycles. The third kappa shape index (κ3) is 6.42. The number of anilines is 6. The highest BCUT2D eigenvalue weighted by Crippen LogP contribution is 2.51. The first-order valence-corrected chi connectivity index (χ1v) is 17.9. The van der Waals surface area contributed by atoms with Gasteiger partial charge in [0.05, 0.1) is 34.1 Å². The summed E-state index contributed by atoms with van der Waals surface area (Å²) in [5.74, 6) is -7.52. The van der Waals surface area contributed by atoms with Crippen molar-refractivity contribution >= 4 is 66.4 Å². The van der Waals surface area contributed by atoms with Gasteiger partial charge in [-0.25, -0.2) is 35.1 Å². The molecule has 0 spiro atoms. The van der Waals surface area contributed by atoms with Crippen molar-refractivity contribution in [3.05, 3.63) is 167 Å². The van der Waals surface area contributed by atoms with E-state index < -0.39 is 46.5 Å². The Balaban J connectivity index is 1.55. The maximum Gasteiger partial charge on any atom is 0.128 e. The summed E-state index contributed by atoms with van der Waals surface area (Å²) in [6.07, 6.45) is 0. The van der Waals surface area contributed by atoms with Gasteiger partial charge in [0.25, 0.3) is 0 Å².